The minimum absolute atomic E-state index is 0.0199. The number of benzene rings is 2. The molecule has 0 spiro atoms. The Kier molecular flexibility index (Phi) is 5.26. The number of carbonyl (C=O) groups excluding carboxylic acids is 2. The minimum Gasteiger partial charge on any atom is -0.497 e. The van der Waals surface area contributed by atoms with E-state index in [-0.39, 0.29) is 33.5 Å². The Morgan fingerprint density at radius 1 is 0.929 bits per heavy atom. The summed E-state index contributed by atoms with van der Waals surface area (Å²) in [5.74, 6) is -2.12. The van der Waals surface area contributed by atoms with Crippen LogP contribution in [0.3, 0.4) is 0 Å². The van der Waals surface area contributed by atoms with E-state index >= 15 is 0 Å². The third-order valence-corrected chi connectivity index (χ3v) is 4.46. The Hall–Kier alpha value is -3.48. The number of aromatic amines is 1. The maximum atomic E-state index is 14.6. The van der Waals surface area contributed by atoms with E-state index in [0.29, 0.717) is 5.75 Å². The number of carbonyl (C=O) groups is 2. The van der Waals surface area contributed by atoms with Crippen LogP contribution >= 0.6 is 0 Å². The van der Waals surface area contributed by atoms with Crippen LogP contribution in [0.4, 0.5) is 8.78 Å². The van der Waals surface area contributed by atoms with Gasteiger partial charge in [0.1, 0.15) is 17.4 Å². The van der Waals surface area contributed by atoms with Crippen molar-refractivity contribution >= 4 is 11.8 Å². The van der Waals surface area contributed by atoms with Gasteiger partial charge in [0, 0.05) is 22.9 Å². The summed E-state index contributed by atoms with van der Waals surface area (Å²) in [5, 5.41) is 0. The third-order valence-electron chi connectivity index (χ3n) is 4.46. The predicted octanol–water partition coefficient (Wildman–Crippen LogP) is 4.29. The second-order valence-corrected chi connectivity index (χ2v) is 6.03. The zero-order valence-corrected chi connectivity index (χ0v) is 15.4. The highest BCUT2D eigenvalue weighted by molar-refractivity contribution is 6.15. The molecule has 0 aliphatic rings. The molecule has 0 unspecified atom stereocenters. The zero-order valence-electron chi connectivity index (χ0n) is 15.4. The van der Waals surface area contributed by atoms with Crippen molar-refractivity contribution in [3.63, 3.8) is 0 Å². The molecule has 0 aliphatic heterocycles. The molecule has 1 N–H and O–H groups in total. The van der Waals surface area contributed by atoms with E-state index in [1.807, 2.05) is 0 Å². The third kappa shape index (κ3) is 3.26. The molecule has 0 amide bonds. The van der Waals surface area contributed by atoms with Crippen molar-refractivity contribution in [1.29, 1.82) is 0 Å². The number of hydrogen-bond acceptors (Lipinski definition) is 4. The van der Waals surface area contributed by atoms with Crippen molar-refractivity contribution in [2.24, 2.45) is 0 Å². The molecule has 0 atom stereocenters. The summed E-state index contributed by atoms with van der Waals surface area (Å²) in [4.78, 5) is 27.9. The van der Waals surface area contributed by atoms with Crippen LogP contribution in [0, 0.1) is 18.6 Å². The first kappa shape index (κ1) is 19.3. The first-order chi connectivity index (χ1) is 13.4. The van der Waals surface area contributed by atoms with E-state index in [1.165, 1.54) is 27.3 Å². The lowest BCUT2D eigenvalue weighted by molar-refractivity contribution is 0.0601. The summed E-state index contributed by atoms with van der Waals surface area (Å²) < 4.78 is 38.5. The van der Waals surface area contributed by atoms with Crippen molar-refractivity contribution in [3.8, 4) is 16.9 Å². The molecular formula is C21H17F2NO4. The number of methoxy groups -OCH3 is 2. The summed E-state index contributed by atoms with van der Waals surface area (Å²) in [7, 11) is 2.66. The molecule has 0 saturated heterocycles. The van der Waals surface area contributed by atoms with Gasteiger partial charge in [0.15, 0.2) is 0 Å². The number of ketones is 1. The molecule has 0 bridgehead atoms. The van der Waals surface area contributed by atoms with Crippen molar-refractivity contribution in [2.45, 2.75) is 6.92 Å². The van der Waals surface area contributed by atoms with Crippen LogP contribution in [-0.4, -0.2) is 31.0 Å². The standard InChI is InChI=1S/C21H17F2NO4/c1-11-15(22)8-9-16(23)17(11)18-14(21(26)28-3)10-24-19(18)20(25)12-4-6-13(27-2)7-5-12/h4-10,24H,1-3H3. The number of hydrogen-bond donors (Lipinski definition) is 1. The summed E-state index contributed by atoms with van der Waals surface area (Å²) in [6, 6.07) is 8.23. The second kappa shape index (κ2) is 7.64. The van der Waals surface area contributed by atoms with E-state index in [2.05, 4.69) is 4.98 Å². The van der Waals surface area contributed by atoms with Crippen LogP contribution in [0.2, 0.25) is 0 Å². The Labute approximate surface area is 159 Å². The highest BCUT2D eigenvalue weighted by Crippen LogP contribution is 2.35. The molecule has 0 fully saturated rings. The number of nitrogens with one attached hydrogen (secondary N) is 1. The van der Waals surface area contributed by atoms with Crippen LogP contribution in [0.25, 0.3) is 11.1 Å². The maximum Gasteiger partial charge on any atom is 0.340 e. The minimum atomic E-state index is -0.775. The molecule has 0 radical (unpaired) electrons. The number of esters is 1. The van der Waals surface area contributed by atoms with Gasteiger partial charge < -0.3 is 14.5 Å². The summed E-state index contributed by atoms with van der Waals surface area (Å²) in [6.07, 6.45) is 1.25. The number of halogens is 2. The molecule has 5 nitrogen and oxygen atoms in total. The van der Waals surface area contributed by atoms with Crippen LogP contribution in [-0.2, 0) is 4.74 Å². The van der Waals surface area contributed by atoms with E-state index in [0.717, 1.165) is 12.1 Å². The Morgan fingerprint density at radius 2 is 1.57 bits per heavy atom. The van der Waals surface area contributed by atoms with Gasteiger partial charge in [-0.3, -0.25) is 4.79 Å². The fraction of sp³-hybridized carbons (Fsp3) is 0.143. The van der Waals surface area contributed by atoms with Gasteiger partial charge in [0.2, 0.25) is 5.78 Å². The zero-order chi connectivity index (χ0) is 20.4. The normalized spacial score (nSPS) is 10.6. The largest absolute Gasteiger partial charge is 0.497 e. The molecule has 28 heavy (non-hydrogen) atoms. The molecule has 3 aromatic rings. The average molecular weight is 385 g/mol. The highest BCUT2D eigenvalue weighted by atomic mass is 19.1. The molecule has 0 aliphatic carbocycles. The van der Waals surface area contributed by atoms with Gasteiger partial charge in [-0.25, -0.2) is 13.6 Å². The quantitative estimate of drug-likeness (QED) is 0.525. The Morgan fingerprint density at radius 3 is 2.18 bits per heavy atom. The van der Waals surface area contributed by atoms with Gasteiger partial charge in [-0.15, -0.1) is 0 Å². The fourth-order valence-corrected chi connectivity index (χ4v) is 2.98. The fourth-order valence-electron chi connectivity index (χ4n) is 2.98. The molecule has 3 rings (SSSR count). The average Bonchev–Trinajstić information content (AvgIpc) is 3.14. The molecule has 0 saturated carbocycles. The summed E-state index contributed by atoms with van der Waals surface area (Å²) >= 11 is 0. The molecule has 2 aromatic carbocycles. The predicted molar refractivity (Wildman–Crippen MR) is 98.6 cm³/mol. The molecule has 144 valence electrons. The van der Waals surface area contributed by atoms with Crippen molar-refractivity contribution in [1.82, 2.24) is 4.98 Å². The van der Waals surface area contributed by atoms with E-state index in [4.69, 9.17) is 9.47 Å². The first-order valence-corrected chi connectivity index (χ1v) is 8.32. The Bertz CT molecular complexity index is 1060. The SMILES string of the molecule is COC(=O)c1c[nH]c(C(=O)c2ccc(OC)cc2)c1-c1c(F)ccc(F)c1C. The smallest absolute Gasteiger partial charge is 0.340 e. The summed E-state index contributed by atoms with van der Waals surface area (Å²) in [6.45, 7) is 1.38. The van der Waals surface area contributed by atoms with Crippen molar-refractivity contribution in [3.05, 3.63) is 76.6 Å². The second-order valence-electron chi connectivity index (χ2n) is 6.03. The van der Waals surface area contributed by atoms with E-state index in [9.17, 15) is 18.4 Å². The number of rotatable bonds is 5. The van der Waals surface area contributed by atoms with Crippen LogP contribution < -0.4 is 4.74 Å². The lowest BCUT2D eigenvalue weighted by atomic mass is 9.93. The van der Waals surface area contributed by atoms with E-state index in [1.54, 1.807) is 24.3 Å². The monoisotopic (exact) mass is 385 g/mol. The van der Waals surface area contributed by atoms with Gasteiger partial charge in [-0.05, 0) is 48.9 Å². The maximum absolute atomic E-state index is 14.6. The van der Waals surface area contributed by atoms with Gasteiger partial charge in [-0.1, -0.05) is 0 Å². The van der Waals surface area contributed by atoms with E-state index < -0.39 is 23.4 Å². The number of H-pyrrole nitrogens is 1. The molecular weight excluding hydrogens is 368 g/mol. The lowest BCUT2D eigenvalue weighted by Gasteiger charge is -2.12. The van der Waals surface area contributed by atoms with Crippen LogP contribution in [0.15, 0.2) is 42.6 Å². The van der Waals surface area contributed by atoms with Crippen molar-refractivity contribution in [2.75, 3.05) is 14.2 Å². The van der Waals surface area contributed by atoms with Gasteiger partial charge in [0.25, 0.3) is 0 Å². The molecule has 1 heterocycles. The number of aromatic nitrogens is 1. The Balaban J connectivity index is 2.23. The van der Waals surface area contributed by atoms with Gasteiger partial charge >= 0.3 is 5.97 Å². The summed E-state index contributed by atoms with van der Waals surface area (Å²) in [5.41, 5.74) is -0.0471. The highest BCUT2D eigenvalue weighted by Gasteiger charge is 2.28. The molecule has 1 aromatic heterocycles. The van der Waals surface area contributed by atoms with Gasteiger partial charge in [0.05, 0.1) is 25.5 Å². The lowest BCUT2D eigenvalue weighted by Crippen LogP contribution is -2.08. The molecule has 7 heteroatoms. The number of ether oxygens (including phenoxy) is 2. The van der Waals surface area contributed by atoms with Gasteiger partial charge in [-0.2, -0.15) is 0 Å². The first-order valence-electron chi connectivity index (χ1n) is 8.32. The van der Waals surface area contributed by atoms with Crippen LogP contribution in [0.1, 0.15) is 32.0 Å². The van der Waals surface area contributed by atoms with Crippen LogP contribution in [0.5, 0.6) is 5.75 Å². The topological polar surface area (TPSA) is 68.4 Å². The van der Waals surface area contributed by atoms with Crippen molar-refractivity contribution < 1.29 is 27.8 Å².